The van der Waals surface area contributed by atoms with Gasteiger partial charge in [-0.15, -0.1) is 0 Å². The summed E-state index contributed by atoms with van der Waals surface area (Å²) in [5, 5.41) is 3.82. The molecular weight excluding hydrogens is 208 g/mol. The van der Waals surface area contributed by atoms with Crippen LogP contribution in [-0.2, 0) is 0 Å². The lowest BCUT2D eigenvalue weighted by molar-refractivity contribution is 0.118. The van der Waals surface area contributed by atoms with Gasteiger partial charge in [0, 0.05) is 31.7 Å². The van der Waals surface area contributed by atoms with E-state index in [1.807, 2.05) is 0 Å². The van der Waals surface area contributed by atoms with Crippen molar-refractivity contribution in [3.63, 3.8) is 0 Å². The van der Waals surface area contributed by atoms with Gasteiger partial charge in [-0.25, -0.2) is 0 Å². The second kappa shape index (κ2) is 4.89. The topological polar surface area (TPSA) is 15.3 Å². The zero-order valence-electron chi connectivity index (χ0n) is 11.4. The van der Waals surface area contributed by atoms with E-state index in [0.29, 0.717) is 5.54 Å². The number of rotatable bonds is 2. The second-order valence-electron chi connectivity index (χ2n) is 6.93. The van der Waals surface area contributed by atoms with Crippen LogP contribution >= 0.6 is 0 Å². The van der Waals surface area contributed by atoms with Gasteiger partial charge in [0.15, 0.2) is 0 Å². The minimum atomic E-state index is 0.516. The predicted octanol–water partition coefficient (Wildman–Crippen LogP) is 2.64. The molecule has 2 atom stereocenters. The Balaban J connectivity index is 1.53. The standard InChI is InChI=1S/C15H28N2/c1-13-4-5-14(10-13)11-17-9-8-16-15(12-17)6-2-3-7-15/h13-14,16H,2-12H2,1H3. The fourth-order valence-electron chi connectivity index (χ4n) is 4.44. The Morgan fingerprint density at radius 3 is 2.76 bits per heavy atom. The van der Waals surface area contributed by atoms with Crippen molar-refractivity contribution in [2.24, 2.45) is 11.8 Å². The Bertz CT molecular complexity index is 258. The molecule has 0 bridgehead atoms. The van der Waals surface area contributed by atoms with Crippen LogP contribution in [0.3, 0.4) is 0 Å². The molecule has 0 radical (unpaired) electrons. The van der Waals surface area contributed by atoms with Gasteiger partial charge in [0.1, 0.15) is 0 Å². The van der Waals surface area contributed by atoms with Crippen molar-refractivity contribution in [2.45, 2.75) is 57.4 Å². The van der Waals surface area contributed by atoms with Crippen LogP contribution in [0.1, 0.15) is 51.9 Å². The van der Waals surface area contributed by atoms with Crippen LogP contribution in [0, 0.1) is 11.8 Å². The molecule has 1 heterocycles. The van der Waals surface area contributed by atoms with Crippen LogP contribution < -0.4 is 5.32 Å². The molecule has 3 rings (SSSR count). The molecule has 17 heavy (non-hydrogen) atoms. The quantitative estimate of drug-likeness (QED) is 0.793. The number of hydrogen-bond acceptors (Lipinski definition) is 2. The Kier molecular flexibility index (Phi) is 3.45. The molecule has 1 aliphatic heterocycles. The van der Waals surface area contributed by atoms with Crippen molar-refractivity contribution in [3.05, 3.63) is 0 Å². The highest BCUT2D eigenvalue weighted by molar-refractivity contribution is 4.98. The first-order valence-corrected chi connectivity index (χ1v) is 7.73. The molecule has 0 amide bonds. The Labute approximate surface area is 106 Å². The van der Waals surface area contributed by atoms with E-state index >= 15 is 0 Å². The summed E-state index contributed by atoms with van der Waals surface area (Å²) in [6.07, 6.45) is 10.2. The van der Waals surface area contributed by atoms with Gasteiger partial charge in [0.2, 0.25) is 0 Å². The van der Waals surface area contributed by atoms with E-state index in [2.05, 4.69) is 17.1 Å². The summed E-state index contributed by atoms with van der Waals surface area (Å²) in [4.78, 5) is 2.77. The highest BCUT2D eigenvalue weighted by Gasteiger charge is 2.38. The highest BCUT2D eigenvalue weighted by Crippen LogP contribution is 2.34. The number of piperazine rings is 1. The van der Waals surface area contributed by atoms with E-state index < -0.39 is 0 Å². The molecule has 0 aromatic rings. The maximum Gasteiger partial charge on any atom is 0.0309 e. The van der Waals surface area contributed by atoms with Crippen LogP contribution in [0.25, 0.3) is 0 Å². The summed E-state index contributed by atoms with van der Waals surface area (Å²) in [5.74, 6) is 1.99. The van der Waals surface area contributed by atoms with E-state index in [9.17, 15) is 0 Å². The van der Waals surface area contributed by atoms with Crippen LogP contribution in [0.15, 0.2) is 0 Å². The molecule has 0 aromatic carbocycles. The molecule has 2 unspecified atom stereocenters. The van der Waals surface area contributed by atoms with Crippen molar-refractivity contribution in [1.29, 1.82) is 0 Å². The third-order valence-corrected chi connectivity index (χ3v) is 5.33. The van der Waals surface area contributed by atoms with Gasteiger partial charge >= 0.3 is 0 Å². The summed E-state index contributed by atoms with van der Waals surface area (Å²) in [6.45, 7) is 7.65. The normalized spacial score (nSPS) is 37.9. The molecule has 2 aliphatic carbocycles. The zero-order valence-corrected chi connectivity index (χ0v) is 11.4. The summed E-state index contributed by atoms with van der Waals surface area (Å²) in [7, 11) is 0. The largest absolute Gasteiger partial charge is 0.309 e. The molecule has 2 saturated carbocycles. The van der Waals surface area contributed by atoms with E-state index in [0.717, 1.165) is 11.8 Å². The molecule has 2 nitrogen and oxygen atoms in total. The average Bonchev–Trinajstić information content (AvgIpc) is 2.89. The number of hydrogen-bond donors (Lipinski definition) is 1. The Morgan fingerprint density at radius 1 is 1.24 bits per heavy atom. The van der Waals surface area contributed by atoms with Gasteiger partial charge in [-0.05, 0) is 37.5 Å². The van der Waals surface area contributed by atoms with E-state index in [1.165, 1.54) is 71.1 Å². The van der Waals surface area contributed by atoms with Gasteiger partial charge in [0.05, 0.1) is 0 Å². The van der Waals surface area contributed by atoms with Crippen LogP contribution in [-0.4, -0.2) is 36.6 Å². The molecular formula is C15H28N2. The van der Waals surface area contributed by atoms with Crippen LogP contribution in [0.4, 0.5) is 0 Å². The molecule has 3 aliphatic rings. The van der Waals surface area contributed by atoms with Gasteiger partial charge < -0.3 is 5.32 Å². The van der Waals surface area contributed by atoms with Crippen molar-refractivity contribution < 1.29 is 0 Å². The molecule has 1 N–H and O–H groups in total. The first kappa shape index (κ1) is 12.0. The fraction of sp³-hybridized carbons (Fsp3) is 1.00. The summed E-state index contributed by atoms with van der Waals surface area (Å²) in [5.41, 5.74) is 0.516. The fourth-order valence-corrected chi connectivity index (χ4v) is 4.44. The van der Waals surface area contributed by atoms with Crippen molar-refractivity contribution in [2.75, 3.05) is 26.2 Å². The average molecular weight is 236 g/mol. The lowest BCUT2D eigenvalue weighted by atomic mass is 9.93. The molecule has 2 heteroatoms. The van der Waals surface area contributed by atoms with Crippen molar-refractivity contribution in [3.8, 4) is 0 Å². The Morgan fingerprint density at radius 2 is 2.06 bits per heavy atom. The third-order valence-electron chi connectivity index (χ3n) is 5.33. The smallest absolute Gasteiger partial charge is 0.0309 e. The number of nitrogens with one attached hydrogen (secondary N) is 1. The lowest BCUT2D eigenvalue weighted by Crippen LogP contribution is -2.59. The Hall–Kier alpha value is -0.0800. The van der Waals surface area contributed by atoms with Gasteiger partial charge in [-0.1, -0.05) is 26.2 Å². The second-order valence-corrected chi connectivity index (χ2v) is 6.93. The monoisotopic (exact) mass is 236 g/mol. The van der Waals surface area contributed by atoms with Crippen molar-refractivity contribution >= 4 is 0 Å². The maximum atomic E-state index is 3.82. The lowest BCUT2D eigenvalue weighted by Gasteiger charge is -2.42. The van der Waals surface area contributed by atoms with Gasteiger partial charge in [-0.3, -0.25) is 4.90 Å². The van der Waals surface area contributed by atoms with Gasteiger partial charge in [-0.2, -0.15) is 0 Å². The molecule has 98 valence electrons. The summed E-state index contributed by atoms with van der Waals surface area (Å²) >= 11 is 0. The predicted molar refractivity (Wildman–Crippen MR) is 72.1 cm³/mol. The van der Waals surface area contributed by atoms with Crippen molar-refractivity contribution in [1.82, 2.24) is 10.2 Å². The zero-order chi connectivity index (χ0) is 11.7. The van der Waals surface area contributed by atoms with E-state index in [4.69, 9.17) is 0 Å². The van der Waals surface area contributed by atoms with Gasteiger partial charge in [0.25, 0.3) is 0 Å². The minimum absolute atomic E-state index is 0.516. The molecule has 3 fully saturated rings. The first-order chi connectivity index (χ1) is 8.26. The van der Waals surface area contributed by atoms with Crippen LogP contribution in [0.5, 0.6) is 0 Å². The molecule has 0 aromatic heterocycles. The first-order valence-electron chi connectivity index (χ1n) is 7.73. The number of nitrogens with zero attached hydrogens (tertiary/aromatic N) is 1. The van der Waals surface area contributed by atoms with E-state index in [-0.39, 0.29) is 0 Å². The van der Waals surface area contributed by atoms with E-state index in [1.54, 1.807) is 0 Å². The molecule has 1 spiro atoms. The third kappa shape index (κ3) is 2.68. The maximum absolute atomic E-state index is 3.82. The highest BCUT2D eigenvalue weighted by atomic mass is 15.2. The summed E-state index contributed by atoms with van der Waals surface area (Å²) in [6, 6.07) is 0. The minimum Gasteiger partial charge on any atom is -0.309 e. The SMILES string of the molecule is CC1CCC(CN2CCNC3(CCCC3)C2)C1. The van der Waals surface area contributed by atoms with Crippen LogP contribution in [0.2, 0.25) is 0 Å². The summed E-state index contributed by atoms with van der Waals surface area (Å²) < 4.78 is 0. The molecule has 1 saturated heterocycles.